The molecule has 0 saturated heterocycles. The van der Waals surface area contributed by atoms with Crippen LogP contribution in [0.1, 0.15) is 32.1 Å². The van der Waals surface area contributed by atoms with Gasteiger partial charge in [0, 0.05) is 18.3 Å². The Kier molecular flexibility index (Phi) is 9.68. The third kappa shape index (κ3) is 8.06. The van der Waals surface area contributed by atoms with Gasteiger partial charge in [-0.05, 0) is 45.6 Å². The van der Waals surface area contributed by atoms with E-state index in [2.05, 4.69) is 29.3 Å². The van der Waals surface area contributed by atoms with Gasteiger partial charge < -0.3 is 25.4 Å². The highest BCUT2D eigenvalue weighted by atomic mass is 16.5. The number of guanidine groups is 1. The van der Waals surface area contributed by atoms with Gasteiger partial charge in [0.15, 0.2) is 17.5 Å². The fourth-order valence-electron chi connectivity index (χ4n) is 2.37. The van der Waals surface area contributed by atoms with E-state index in [9.17, 15) is 0 Å². The number of methoxy groups -OCH3 is 2. The van der Waals surface area contributed by atoms with Crippen molar-refractivity contribution in [2.45, 2.75) is 32.1 Å². The first-order valence-electron chi connectivity index (χ1n) is 8.50. The Hall–Kier alpha value is -1.95. The van der Waals surface area contributed by atoms with Gasteiger partial charge in [0.25, 0.3) is 0 Å². The molecule has 0 radical (unpaired) electrons. The summed E-state index contributed by atoms with van der Waals surface area (Å²) in [5.74, 6) is 1.77. The third-order valence-corrected chi connectivity index (χ3v) is 3.70. The topological polar surface area (TPSA) is 72.1 Å². The SMILES string of the molecule is COc1ccc(NC(N)=NCCCCCCCN(C)C)cc1OC. The van der Waals surface area contributed by atoms with Crippen LogP contribution in [0.5, 0.6) is 11.5 Å². The monoisotopic (exact) mass is 336 g/mol. The zero-order chi connectivity index (χ0) is 17.8. The highest BCUT2D eigenvalue weighted by Crippen LogP contribution is 2.29. The third-order valence-electron chi connectivity index (χ3n) is 3.70. The van der Waals surface area contributed by atoms with E-state index in [1.807, 2.05) is 18.2 Å². The summed E-state index contributed by atoms with van der Waals surface area (Å²) in [6.45, 7) is 1.92. The second-order valence-electron chi connectivity index (χ2n) is 6.03. The Morgan fingerprint density at radius 2 is 1.71 bits per heavy atom. The van der Waals surface area contributed by atoms with Crippen molar-refractivity contribution >= 4 is 11.6 Å². The van der Waals surface area contributed by atoms with Gasteiger partial charge in [0.1, 0.15) is 0 Å². The molecule has 0 bridgehead atoms. The first-order valence-corrected chi connectivity index (χ1v) is 8.50. The predicted molar refractivity (Wildman–Crippen MR) is 101 cm³/mol. The molecule has 0 spiro atoms. The molecule has 0 aliphatic heterocycles. The molecule has 0 fully saturated rings. The van der Waals surface area contributed by atoms with Crippen LogP contribution in [0.4, 0.5) is 5.69 Å². The number of anilines is 1. The number of nitrogens with zero attached hydrogens (tertiary/aromatic N) is 2. The van der Waals surface area contributed by atoms with E-state index in [4.69, 9.17) is 15.2 Å². The molecular formula is C18H32N4O2. The standard InChI is InChI=1S/C18H32N4O2/c1-22(2)13-9-7-5-6-8-12-20-18(19)21-15-10-11-16(23-3)17(14-15)24-4/h10-11,14H,5-9,12-13H2,1-4H3,(H3,19,20,21). The Morgan fingerprint density at radius 1 is 1.04 bits per heavy atom. The lowest BCUT2D eigenvalue weighted by atomic mass is 10.1. The summed E-state index contributed by atoms with van der Waals surface area (Å²) in [5.41, 5.74) is 6.76. The highest BCUT2D eigenvalue weighted by molar-refractivity contribution is 5.92. The van der Waals surface area contributed by atoms with Gasteiger partial charge in [-0.1, -0.05) is 19.3 Å². The Labute approximate surface area is 146 Å². The number of nitrogens with one attached hydrogen (secondary N) is 1. The summed E-state index contributed by atoms with van der Waals surface area (Å²) in [7, 11) is 7.45. The molecule has 6 nitrogen and oxygen atoms in total. The molecular weight excluding hydrogens is 304 g/mol. The van der Waals surface area contributed by atoms with E-state index in [-0.39, 0.29) is 0 Å². The molecule has 0 aromatic heterocycles. The van der Waals surface area contributed by atoms with Crippen molar-refractivity contribution in [1.29, 1.82) is 0 Å². The molecule has 136 valence electrons. The molecule has 0 aliphatic rings. The molecule has 0 unspecified atom stereocenters. The van der Waals surface area contributed by atoms with Crippen LogP contribution in [0.3, 0.4) is 0 Å². The van der Waals surface area contributed by atoms with E-state index >= 15 is 0 Å². The number of ether oxygens (including phenoxy) is 2. The first-order chi connectivity index (χ1) is 11.6. The average molecular weight is 336 g/mol. The van der Waals surface area contributed by atoms with E-state index < -0.39 is 0 Å². The van der Waals surface area contributed by atoms with Gasteiger partial charge >= 0.3 is 0 Å². The van der Waals surface area contributed by atoms with Crippen LogP contribution in [0, 0.1) is 0 Å². The smallest absolute Gasteiger partial charge is 0.193 e. The first kappa shape index (κ1) is 20.1. The van der Waals surface area contributed by atoms with Gasteiger partial charge in [-0.3, -0.25) is 4.99 Å². The molecule has 0 atom stereocenters. The van der Waals surface area contributed by atoms with Crippen LogP contribution < -0.4 is 20.5 Å². The van der Waals surface area contributed by atoms with Gasteiger partial charge in [-0.25, -0.2) is 0 Å². The molecule has 0 amide bonds. The number of benzene rings is 1. The highest BCUT2D eigenvalue weighted by Gasteiger charge is 2.04. The summed E-state index contributed by atoms with van der Waals surface area (Å²) < 4.78 is 10.5. The van der Waals surface area contributed by atoms with Crippen LogP contribution >= 0.6 is 0 Å². The van der Waals surface area contributed by atoms with Gasteiger partial charge in [-0.2, -0.15) is 0 Å². The van der Waals surface area contributed by atoms with Crippen molar-refractivity contribution in [3.05, 3.63) is 18.2 Å². The van der Waals surface area contributed by atoms with Crippen molar-refractivity contribution in [3.8, 4) is 11.5 Å². The number of unbranched alkanes of at least 4 members (excludes halogenated alkanes) is 4. The number of hydrogen-bond donors (Lipinski definition) is 2. The average Bonchev–Trinajstić information content (AvgIpc) is 2.56. The van der Waals surface area contributed by atoms with E-state index in [1.54, 1.807) is 14.2 Å². The maximum Gasteiger partial charge on any atom is 0.193 e. The summed E-state index contributed by atoms with van der Waals surface area (Å²) in [6, 6.07) is 5.56. The number of aliphatic imine (C=N–C) groups is 1. The second-order valence-corrected chi connectivity index (χ2v) is 6.03. The summed E-state index contributed by atoms with van der Waals surface area (Å²) in [4.78, 5) is 6.59. The minimum Gasteiger partial charge on any atom is -0.493 e. The summed E-state index contributed by atoms with van der Waals surface area (Å²) >= 11 is 0. The van der Waals surface area contributed by atoms with Crippen molar-refractivity contribution < 1.29 is 9.47 Å². The molecule has 1 aromatic rings. The lowest BCUT2D eigenvalue weighted by molar-refractivity contribution is 0.355. The van der Waals surface area contributed by atoms with E-state index in [1.165, 1.54) is 32.2 Å². The largest absolute Gasteiger partial charge is 0.493 e. The number of nitrogens with two attached hydrogens (primary N) is 1. The second kappa shape index (κ2) is 11.6. The van der Waals surface area contributed by atoms with Crippen LogP contribution in [0.25, 0.3) is 0 Å². The fourth-order valence-corrected chi connectivity index (χ4v) is 2.37. The van der Waals surface area contributed by atoms with Crippen LogP contribution in [0.15, 0.2) is 23.2 Å². The molecule has 3 N–H and O–H groups in total. The molecule has 0 heterocycles. The molecule has 1 aromatic carbocycles. The zero-order valence-electron chi connectivity index (χ0n) is 15.5. The lowest BCUT2D eigenvalue weighted by Crippen LogP contribution is -2.22. The van der Waals surface area contributed by atoms with Crippen LogP contribution in [-0.2, 0) is 0 Å². The lowest BCUT2D eigenvalue weighted by Gasteiger charge is -2.11. The molecule has 6 heteroatoms. The molecule has 24 heavy (non-hydrogen) atoms. The number of hydrogen-bond acceptors (Lipinski definition) is 4. The molecule has 0 aliphatic carbocycles. The van der Waals surface area contributed by atoms with E-state index in [0.29, 0.717) is 17.5 Å². The normalized spacial score (nSPS) is 11.6. The van der Waals surface area contributed by atoms with Crippen molar-refractivity contribution in [1.82, 2.24) is 4.90 Å². The Bertz CT molecular complexity index is 504. The van der Waals surface area contributed by atoms with Gasteiger partial charge in [0.2, 0.25) is 0 Å². The minimum atomic E-state index is 0.426. The molecule has 1 rings (SSSR count). The minimum absolute atomic E-state index is 0.426. The van der Waals surface area contributed by atoms with Gasteiger partial charge in [0.05, 0.1) is 14.2 Å². The van der Waals surface area contributed by atoms with Crippen molar-refractivity contribution in [3.63, 3.8) is 0 Å². The maximum absolute atomic E-state index is 5.92. The van der Waals surface area contributed by atoms with Crippen LogP contribution in [-0.4, -0.2) is 52.3 Å². The van der Waals surface area contributed by atoms with E-state index in [0.717, 1.165) is 18.7 Å². The summed E-state index contributed by atoms with van der Waals surface area (Å²) in [5, 5.41) is 3.08. The fraction of sp³-hybridized carbons (Fsp3) is 0.611. The van der Waals surface area contributed by atoms with Crippen molar-refractivity contribution in [2.24, 2.45) is 10.7 Å². The zero-order valence-corrected chi connectivity index (χ0v) is 15.5. The predicted octanol–water partition coefficient (Wildman–Crippen LogP) is 2.94. The quantitative estimate of drug-likeness (QED) is 0.369. The van der Waals surface area contributed by atoms with Crippen LogP contribution in [0.2, 0.25) is 0 Å². The molecule has 0 saturated carbocycles. The maximum atomic E-state index is 5.92. The summed E-state index contributed by atoms with van der Waals surface area (Å²) in [6.07, 6.45) is 6.06. The Balaban J connectivity index is 2.27. The number of rotatable bonds is 11. The Morgan fingerprint density at radius 3 is 2.38 bits per heavy atom. The van der Waals surface area contributed by atoms with Gasteiger partial charge in [-0.15, -0.1) is 0 Å². The van der Waals surface area contributed by atoms with Crippen molar-refractivity contribution in [2.75, 3.05) is 46.7 Å².